The molecule has 0 aliphatic rings. The van der Waals surface area contributed by atoms with Gasteiger partial charge in [-0.15, -0.1) is 0 Å². The zero-order valence-electron chi connectivity index (χ0n) is 13.4. The largest absolute Gasteiger partial charge is 0.466 e. The highest BCUT2D eigenvalue weighted by molar-refractivity contribution is 5.83. The van der Waals surface area contributed by atoms with Crippen LogP contribution in [-0.4, -0.2) is 12.6 Å². The Hall–Kier alpha value is -2.35. The van der Waals surface area contributed by atoms with E-state index in [0.29, 0.717) is 6.61 Å². The quantitative estimate of drug-likeness (QED) is 0.748. The molecule has 0 amide bonds. The van der Waals surface area contributed by atoms with Crippen molar-refractivity contribution >= 4 is 11.5 Å². The summed E-state index contributed by atoms with van der Waals surface area (Å²) in [5.74, 6) is -0.195. The van der Waals surface area contributed by atoms with E-state index in [9.17, 15) is 4.79 Å². The molecule has 0 aliphatic carbocycles. The van der Waals surface area contributed by atoms with Gasteiger partial charge in [-0.2, -0.15) is 0 Å². The van der Waals surface area contributed by atoms with Gasteiger partial charge >= 0.3 is 5.97 Å². The molecule has 0 saturated heterocycles. The van der Waals surface area contributed by atoms with E-state index < -0.39 is 0 Å². The van der Waals surface area contributed by atoms with E-state index in [1.165, 1.54) is 11.1 Å². The van der Waals surface area contributed by atoms with Gasteiger partial charge in [0.15, 0.2) is 0 Å². The van der Waals surface area contributed by atoms with E-state index in [1.807, 2.05) is 13.0 Å². The van der Waals surface area contributed by atoms with Crippen molar-refractivity contribution in [3.05, 3.63) is 76.9 Å². The summed E-state index contributed by atoms with van der Waals surface area (Å²) in [6, 6.07) is 16.7. The molecule has 2 nitrogen and oxygen atoms in total. The molecule has 22 heavy (non-hydrogen) atoms. The van der Waals surface area contributed by atoms with Crippen molar-refractivity contribution in [2.75, 3.05) is 6.61 Å². The van der Waals surface area contributed by atoms with Crippen LogP contribution < -0.4 is 0 Å². The molecule has 0 aliphatic heterocycles. The van der Waals surface area contributed by atoms with Gasteiger partial charge in [0.05, 0.1) is 13.0 Å². The van der Waals surface area contributed by atoms with Crippen LogP contribution in [0.4, 0.5) is 0 Å². The first-order valence-corrected chi connectivity index (χ1v) is 7.60. The fraction of sp³-hybridized carbons (Fsp3) is 0.250. The predicted molar refractivity (Wildman–Crippen MR) is 90.7 cm³/mol. The molecular weight excluding hydrogens is 272 g/mol. The highest BCUT2D eigenvalue weighted by Gasteiger charge is 2.07. The molecule has 0 heterocycles. The van der Waals surface area contributed by atoms with Gasteiger partial charge in [0, 0.05) is 0 Å². The molecule has 114 valence electrons. The second kappa shape index (κ2) is 7.60. The zero-order chi connectivity index (χ0) is 15.9. The lowest BCUT2D eigenvalue weighted by Gasteiger charge is -2.10. The molecule has 0 unspecified atom stereocenters. The lowest BCUT2D eigenvalue weighted by Crippen LogP contribution is -2.02. The van der Waals surface area contributed by atoms with Crippen LogP contribution in [-0.2, 0) is 9.53 Å². The van der Waals surface area contributed by atoms with Crippen LogP contribution in [0.15, 0.2) is 54.6 Å². The first-order valence-electron chi connectivity index (χ1n) is 7.60. The molecule has 0 radical (unpaired) electrons. The maximum Gasteiger partial charge on any atom is 0.309 e. The minimum atomic E-state index is -0.195. The van der Waals surface area contributed by atoms with E-state index in [-0.39, 0.29) is 12.4 Å². The Balaban J connectivity index is 2.35. The van der Waals surface area contributed by atoms with Gasteiger partial charge in [-0.3, -0.25) is 4.79 Å². The maximum atomic E-state index is 11.7. The van der Waals surface area contributed by atoms with Crippen LogP contribution in [0.25, 0.3) is 5.57 Å². The normalized spacial score (nSPS) is 10.1. The van der Waals surface area contributed by atoms with Crippen molar-refractivity contribution < 1.29 is 9.53 Å². The average molecular weight is 294 g/mol. The Kier molecular flexibility index (Phi) is 5.54. The molecule has 0 N–H and O–H groups in total. The van der Waals surface area contributed by atoms with Crippen molar-refractivity contribution in [2.45, 2.75) is 27.2 Å². The number of hydrogen-bond donors (Lipinski definition) is 0. The third-order valence-electron chi connectivity index (χ3n) is 3.50. The number of carbonyl (C=O) groups is 1. The summed E-state index contributed by atoms with van der Waals surface area (Å²) in [5.41, 5.74) is 5.72. The van der Waals surface area contributed by atoms with E-state index in [0.717, 1.165) is 16.7 Å². The number of carbonyl (C=O) groups excluding carboxylic acids is 1. The van der Waals surface area contributed by atoms with E-state index in [4.69, 9.17) is 4.74 Å². The zero-order valence-corrected chi connectivity index (χ0v) is 13.4. The molecule has 2 rings (SSSR count). The SMILES string of the molecule is CCOC(=O)CC=C(c1ccc(C)cc1)c1ccc(C)cc1. The Labute approximate surface area is 132 Å². The molecule has 0 spiro atoms. The monoisotopic (exact) mass is 294 g/mol. The standard InChI is InChI=1S/C20H22O2/c1-4-22-20(21)14-13-19(17-9-5-15(2)6-10-17)18-11-7-16(3)8-12-18/h5-13H,4,14H2,1-3H3. The number of benzene rings is 2. The summed E-state index contributed by atoms with van der Waals surface area (Å²) in [7, 11) is 0. The predicted octanol–water partition coefficient (Wildman–Crippen LogP) is 4.69. The lowest BCUT2D eigenvalue weighted by atomic mass is 9.95. The van der Waals surface area contributed by atoms with Gasteiger partial charge in [0.2, 0.25) is 0 Å². The number of esters is 1. The molecule has 2 heteroatoms. The molecule has 2 aromatic carbocycles. The van der Waals surface area contributed by atoms with Gasteiger partial charge in [-0.25, -0.2) is 0 Å². The van der Waals surface area contributed by atoms with Gasteiger partial charge in [-0.05, 0) is 37.5 Å². The minimum Gasteiger partial charge on any atom is -0.466 e. The van der Waals surface area contributed by atoms with Crippen molar-refractivity contribution in [2.24, 2.45) is 0 Å². The Bertz CT molecular complexity index is 602. The molecule has 0 saturated carbocycles. The maximum absolute atomic E-state index is 11.7. The number of aryl methyl sites for hydroxylation is 2. The van der Waals surface area contributed by atoms with Gasteiger partial charge in [0.25, 0.3) is 0 Å². The minimum absolute atomic E-state index is 0.195. The highest BCUT2D eigenvalue weighted by atomic mass is 16.5. The Morgan fingerprint density at radius 3 is 1.77 bits per heavy atom. The molecule has 0 fully saturated rings. The first kappa shape index (κ1) is 16.0. The second-order valence-corrected chi connectivity index (χ2v) is 5.36. The summed E-state index contributed by atoms with van der Waals surface area (Å²) >= 11 is 0. The molecular formula is C20H22O2. The van der Waals surface area contributed by atoms with Gasteiger partial charge in [-0.1, -0.05) is 65.7 Å². The smallest absolute Gasteiger partial charge is 0.309 e. The van der Waals surface area contributed by atoms with E-state index in [1.54, 1.807) is 0 Å². The van der Waals surface area contributed by atoms with Crippen molar-refractivity contribution in [1.29, 1.82) is 0 Å². The fourth-order valence-corrected chi connectivity index (χ4v) is 2.27. The van der Waals surface area contributed by atoms with E-state index >= 15 is 0 Å². The highest BCUT2D eigenvalue weighted by Crippen LogP contribution is 2.25. The Morgan fingerprint density at radius 1 is 0.909 bits per heavy atom. The van der Waals surface area contributed by atoms with Crippen LogP contribution in [0.1, 0.15) is 35.6 Å². The topological polar surface area (TPSA) is 26.3 Å². The van der Waals surface area contributed by atoms with Crippen molar-refractivity contribution in [3.63, 3.8) is 0 Å². The van der Waals surface area contributed by atoms with Gasteiger partial charge < -0.3 is 4.74 Å². The van der Waals surface area contributed by atoms with Gasteiger partial charge in [0.1, 0.15) is 0 Å². The summed E-state index contributed by atoms with van der Waals surface area (Å²) in [6.45, 7) is 6.37. The molecule has 2 aromatic rings. The van der Waals surface area contributed by atoms with Crippen LogP contribution in [0, 0.1) is 13.8 Å². The first-order chi connectivity index (χ1) is 10.6. The Morgan fingerprint density at radius 2 is 1.36 bits per heavy atom. The van der Waals surface area contributed by atoms with Crippen LogP contribution >= 0.6 is 0 Å². The summed E-state index contributed by atoms with van der Waals surface area (Å²) < 4.78 is 5.02. The molecule has 0 atom stereocenters. The molecule has 0 bridgehead atoms. The summed E-state index contributed by atoms with van der Waals surface area (Å²) in [5, 5.41) is 0. The number of ether oxygens (including phenoxy) is 1. The average Bonchev–Trinajstić information content (AvgIpc) is 2.51. The number of hydrogen-bond acceptors (Lipinski definition) is 2. The third kappa shape index (κ3) is 4.32. The fourth-order valence-electron chi connectivity index (χ4n) is 2.27. The van der Waals surface area contributed by atoms with E-state index in [2.05, 4.69) is 62.4 Å². The lowest BCUT2D eigenvalue weighted by molar-refractivity contribution is -0.142. The van der Waals surface area contributed by atoms with Crippen LogP contribution in [0.2, 0.25) is 0 Å². The second-order valence-electron chi connectivity index (χ2n) is 5.36. The summed E-state index contributed by atoms with van der Waals surface area (Å²) in [4.78, 5) is 11.7. The third-order valence-corrected chi connectivity index (χ3v) is 3.50. The number of rotatable bonds is 5. The molecule has 0 aromatic heterocycles. The van der Waals surface area contributed by atoms with Crippen molar-refractivity contribution in [3.8, 4) is 0 Å². The van der Waals surface area contributed by atoms with Crippen LogP contribution in [0.5, 0.6) is 0 Å². The summed E-state index contributed by atoms with van der Waals surface area (Å²) in [6.07, 6.45) is 2.23. The van der Waals surface area contributed by atoms with Crippen molar-refractivity contribution in [1.82, 2.24) is 0 Å². The van der Waals surface area contributed by atoms with Crippen LogP contribution in [0.3, 0.4) is 0 Å².